The van der Waals surface area contributed by atoms with Gasteiger partial charge in [0.2, 0.25) is 5.91 Å². The van der Waals surface area contributed by atoms with Gasteiger partial charge in [0.05, 0.1) is 12.9 Å². The molecule has 0 spiro atoms. The van der Waals surface area contributed by atoms with Crippen LogP contribution in [0.15, 0.2) is 35.5 Å². The summed E-state index contributed by atoms with van der Waals surface area (Å²) in [4.78, 5) is 28.3. The number of aromatic nitrogens is 2. The number of anilines is 2. The van der Waals surface area contributed by atoms with Crippen LogP contribution in [-0.4, -0.2) is 72.9 Å². The van der Waals surface area contributed by atoms with E-state index in [1.54, 1.807) is 7.11 Å². The number of ether oxygens (including phenoxy) is 1. The first-order valence-electron chi connectivity index (χ1n) is 11.1. The first kappa shape index (κ1) is 23.0. The van der Waals surface area contributed by atoms with Gasteiger partial charge in [-0.2, -0.15) is 0 Å². The zero-order valence-corrected chi connectivity index (χ0v) is 20.2. The number of amides is 1. The Kier molecular flexibility index (Phi) is 7.63. The van der Waals surface area contributed by atoms with Crippen molar-refractivity contribution in [1.82, 2.24) is 14.9 Å². The minimum atomic E-state index is 0.112. The molecule has 2 fully saturated rings. The quantitative estimate of drug-likeness (QED) is 0.357. The van der Waals surface area contributed by atoms with Crippen LogP contribution in [0.25, 0.3) is 0 Å². The molecule has 1 amide bonds. The van der Waals surface area contributed by atoms with Gasteiger partial charge in [0, 0.05) is 51.0 Å². The second-order valence-corrected chi connectivity index (χ2v) is 9.69. The summed E-state index contributed by atoms with van der Waals surface area (Å²) in [6.07, 6.45) is 2.32. The summed E-state index contributed by atoms with van der Waals surface area (Å²) >= 11 is 7.62. The maximum absolute atomic E-state index is 12.8. The Bertz CT molecular complexity index is 913. The molecule has 3 heterocycles. The van der Waals surface area contributed by atoms with Gasteiger partial charge in [-0.3, -0.25) is 4.79 Å². The van der Waals surface area contributed by atoms with Gasteiger partial charge in [0.1, 0.15) is 16.7 Å². The largest absolute Gasteiger partial charge is 0.497 e. The Balaban J connectivity index is 1.28. The molecule has 0 aliphatic carbocycles. The molecular formula is C23H30ClN5O2S. The van der Waals surface area contributed by atoms with Crippen molar-refractivity contribution in [2.24, 2.45) is 5.92 Å². The van der Waals surface area contributed by atoms with Crippen molar-refractivity contribution in [2.45, 2.75) is 24.9 Å². The van der Waals surface area contributed by atoms with Crippen LogP contribution in [-0.2, 0) is 4.79 Å². The lowest BCUT2D eigenvalue weighted by molar-refractivity contribution is -0.128. The minimum Gasteiger partial charge on any atom is -0.497 e. The number of piperidine rings is 1. The summed E-state index contributed by atoms with van der Waals surface area (Å²) in [7, 11) is 1.67. The van der Waals surface area contributed by atoms with Gasteiger partial charge in [0.15, 0.2) is 5.16 Å². The van der Waals surface area contributed by atoms with E-state index >= 15 is 0 Å². The van der Waals surface area contributed by atoms with Gasteiger partial charge in [0.25, 0.3) is 0 Å². The van der Waals surface area contributed by atoms with Crippen molar-refractivity contribution >= 4 is 40.8 Å². The van der Waals surface area contributed by atoms with Crippen LogP contribution in [0.3, 0.4) is 0 Å². The molecule has 2 aromatic rings. The molecule has 1 aromatic carbocycles. The summed E-state index contributed by atoms with van der Waals surface area (Å²) < 4.78 is 5.23. The van der Waals surface area contributed by atoms with E-state index < -0.39 is 0 Å². The number of carbonyl (C=O) groups excluding carboxylic acids is 1. The molecule has 0 radical (unpaired) electrons. The van der Waals surface area contributed by atoms with Crippen LogP contribution >= 0.6 is 23.4 Å². The van der Waals surface area contributed by atoms with Crippen LogP contribution in [0.5, 0.6) is 5.75 Å². The van der Waals surface area contributed by atoms with Crippen LogP contribution in [0, 0.1) is 5.92 Å². The van der Waals surface area contributed by atoms with Crippen molar-refractivity contribution in [3.05, 3.63) is 35.5 Å². The zero-order chi connectivity index (χ0) is 22.5. The Hall–Kier alpha value is -2.19. The molecule has 4 rings (SSSR count). The van der Waals surface area contributed by atoms with Gasteiger partial charge in [-0.05, 0) is 43.0 Å². The van der Waals surface area contributed by atoms with E-state index in [0.29, 0.717) is 29.2 Å². The number of piperazine rings is 1. The van der Waals surface area contributed by atoms with Crippen LogP contribution < -0.4 is 14.5 Å². The highest BCUT2D eigenvalue weighted by atomic mass is 35.5. The van der Waals surface area contributed by atoms with Crippen LogP contribution in [0.1, 0.15) is 19.8 Å². The lowest BCUT2D eigenvalue weighted by atomic mass is 9.99. The number of methoxy groups -OCH3 is 1. The van der Waals surface area contributed by atoms with Crippen molar-refractivity contribution in [3.8, 4) is 5.75 Å². The molecule has 2 aliphatic heterocycles. The molecule has 0 saturated carbocycles. The van der Waals surface area contributed by atoms with E-state index in [1.807, 2.05) is 23.1 Å². The van der Waals surface area contributed by atoms with E-state index in [0.717, 1.165) is 62.2 Å². The van der Waals surface area contributed by atoms with E-state index in [9.17, 15) is 4.79 Å². The number of halogens is 1. The second kappa shape index (κ2) is 10.6. The maximum atomic E-state index is 12.8. The average molecular weight is 476 g/mol. The van der Waals surface area contributed by atoms with Gasteiger partial charge >= 0.3 is 0 Å². The molecule has 2 saturated heterocycles. The van der Waals surface area contributed by atoms with Gasteiger partial charge in [-0.15, -0.1) is 0 Å². The third kappa shape index (κ3) is 5.78. The van der Waals surface area contributed by atoms with Crippen LogP contribution in [0.4, 0.5) is 11.5 Å². The average Bonchev–Trinajstić information content (AvgIpc) is 2.83. The third-order valence-electron chi connectivity index (χ3n) is 6.16. The number of benzene rings is 1. The van der Waals surface area contributed by atoms with E-state index in [1.165, 1.54) is 11.8 Å². The van der Waals surface area contributed by atoms with Gasteiger partial charge < -0.3 is 19.4 Å². The Morgan fingerprint density at radius 3 is 2.41 bits per heavy atom. The van der Waals surface area contributed by atoms with Crippen molar-refractivity contribution < 1.29 is 9.53 Å². The predicted octanol–water partition coefficient (Wildman–Crippen LogP) is 3.82. The fourth-order valence-corrected chi connectivity index (χ4v) is 5.06. The molecule has 0 N–H and O–H groups in total. The molecule has 7 nitrogen and oxygen atoms in total. The number of rotatable bonds is 6. The van der Waals surface area contributed by atoms with E-state index in [2.05, 4.69) is 38.8 Å². The zero-order valence-electron chi connectivity index (χ0n) is 18.7. The molecule has 2 aliphatic rings. The fourth-order valence-electron chi connectivity index (χ4n) is 4.07. The summed E-state index contributed by atoms with van der Waals surface area (Å²) in [5.74, 6) is 2.89. The molecular weight excluding hydrogens is 446 g/mol. The lowest BCUT2D eigenvalue weighted by Crippen LogP contribution is -2.49. The smallest absolute Gasteiger partial charge is 0.233 e. The summed E-state index contributed by atoms with van der Waals surface area (Å²) in [6, 6.07) is 9.87. The molecule has 0 atom stereocenters. The maximum Gasteiger partial charge on any atom is 0.233 e. The Morgan fingerprint density at radius 2 is 1.75 bits per heavy atom. The van der Waals surface area contributed by atoms with Crippen molar-refractivity contribution in [3.63, 3.8) is 0 Å². The monoisotopic (exact) mass is 475 g/mol. The number of nitrogens with zero attached hydrogens (tertiary/aromatic N) is 5. The lowest BCUT2D eigenvalue weighted by Gasteiger charge is -2.36. The Labute approximate surface area is 199 Å². The summed E-state index contributed by atoms with van der Waals surface area (Å²) in [6.45, 7) is 7.29. The summed E-state index contributed by atoms with van der Waals surface area (Å²) in [5, 5.41) is 0.994. The van der Waals surface area contributed by atoms with E-state index in [4.69, 9.17) is 16.3 Å². The number of hydrogen-bond donors (Lipinski definition) is 0. The molecule has 32 heavy (non-hydrogen) atoms. The van der Waals surface area contributed by atoms with Crippen molar-refractivity contribution in [2.75, 3.05) is 61.9 Å². The second-order valence-electron chi connectivity index (χ2n) is 8.36. The third-order valence-corrected chi connectivity index (χ3v) is 7.19. The van der Waals surface area contributed by atoms with Crippen LogP contribution in [0.2, 0.25) is 5.15 Å². The predicted molar refractivity (Wildman–Crippen MR) is 130 cm³/mol. The highest BCUT2D eigenvalue weighted by Gasteiger charge is 2.23. The fraction of sp³-hybridized carbons (Fsp3) is 0.522. The SMILES string of the molecule is COc1ccc(N2CCN(C(=O)CSc3nc(Cl)cc(N4CCC(C)CC4)n3)CC2)cc1. The highest BCUT2D eigenvalue weighted by Crippen LogP contribution is 2.26. The first-order chi connectivity index (χ1) is 15.5. The number of thioether (sulfide) groups is 1. The van der Waals surface area contributed by atoms with Gasteiger partial charge in [-0.25, -0.2) is 9.97 Å². The number of carbonyl (C=O) groups is 1. The minimum absolute atomic E-state index is 0.112. The topological polar surface area (TPSA) is 61.8 Å². The summed E-state index contributed by atoms with van der Waals surface area (Å²) in [5.41, 5.74) is 1.15. The van der Waals surface area contributed by atoms with Gasteiger partial charge in [-0.1, -0.05) is 30.3 Å². The molecule has 0 bridgehead atoms. The molecule has 172 valence electrons. The standard InChI is InChI=1S/C23H30ClN5O2S/c1-17-7-9-28(10-8-17)21-15-20(24)25-23(26-21)32-16-22(30)29-13-11-27(12-14-29)18-3-5-19(31-2)6-4-18/h3-6,15,17H,7-14,16H2,1-2H3. The first-order valence-corrected chi connectivity index (χ1v) is 12.5. The van der Waals surface area contributed by atoms with Crippen molar-refractivity contribution in [1.29, 1.82) is 0 Å². The molecule has 1 aromatic heterocycles. The highest BCUT2D eigenvalue weighted by molar-refractivity contribution is 7.99. The normalized spacial score (nSPS) is 17.5. The van der Waals surface area contributed by atoms with E-state index in [-0.39, 0.29) is 5.91 Å². The Morgan fingerprint density at radius 1 is 1.06 bits per heavy atom. The molecule has 9 heteroatoms. The molecule has 0 unspecified atom stereocenters. The number of hydrogen-bond acceptors (Lipinski definition) is 7.